The van der Waals surface area contributed by atoms with Crippen molar-refractivity contribution < 1.29 is 14.3 Å². The van der Waals surface area contributed by atoms with Gasteiger partial charge in [0.25, 0.3) is 11.8 Å². The van der Waals surface area contributed by atoms with Crippen molar-refractivity contribution in [1.29, 1.82) is 0 Å². The first kappa shape index (κ1) is 24.7. The molecule has 0 aliphatic rings. The lowest BCUT2D eigenvalue weighted by molar-refractivity contribution is -0.122. The van der Waals surface area contributed by atoms with Gasteiger partial charge in [-0.1, -0.05) is 44.4 Å². The average molecular weight is 531 g/mol. The average Bonchev–Trinajstić information content (AvgIpc) is 3.21. The minimum absolute atomic E-state index is 0.00177. The predicted octanol–water partition coefficient (Wildman–Crippen LogP) is 4.70. The molecule has 0 aliphatic heterocycles. The second-order valence-electron chi connectivity index (χ2n) is 7.51. The molecule has 2 amide bonds. The van der Waals surface area contributed by atoms with Crippen LogP contribution < -0.4 is 20.9 Å². The molecule has 0 saturated carbocycles. The molecule has 0 bridgehead atoms. The minimum Gasteiger partial charge on any atom is -0.492 e. The van der Waals surface area contributed by atoms with Gasteiger partial charge in [0.1, 0.15) is 12.3 Å². The van der Waals surface area contributed by atoms with Gasteiger partial charge in [-0.2, -0.15) is 0 Å². The molecule has 3 aromatic rings. The molecule has 0 spiro atoms. The number of rotatable bonds is 9. The normalized spacial score (nSPS) is 10.6. The molecule has 0 atom stereocenters. The summed E-state index contributed by atoms with van der Waals surface area (Å²) in [5, 5.41) is 3.61. The summed E-state index contributed by atoms with van der Waals surface area (Å²) in [5.41, 5.74) is 6.44. The van der Waals surface area contributed by atoms with E-state index in [9.17, 15) is 9.59 Å². The number of benzene rings is 2. The van der Waals surface area contributed by atoms with Crippen LogP contribution in [0.2, 0.25) is 0 Å². The zero-order valence-electron chi connectivity index (χ0n) is 18.4. The predicted molar refractivity (Wildman–Crippen MR) is 137 cm³/mol. The summed E-state index contributed by atoms with van der Waals surface area (Å²) in [4.78, 5) is 24.7. The van der Waals surface area contributed by atoms with E-state index in [1.807, 2.05) is 41.1 Å². The molecular weight excluding hydrogens is 504 g/mol. The molecule has 1 aromatic heterocycles. The molecule has 7 nitrogen and oxygen atoms in total. The van der Waals surface area contributed by atoms with Crippen molar-refractivity contribution in [2.24, 2.45) is 0 Å². The van der Waals surface area contributed by atoms with E-state index in [0.29, 0.717) is 22.4 Å². The van der Waals surface area contributed by atoms with Crippen molar-refractivity contribution in [2.45, 2.75) is 39.2 Å². The lowest BCUT2D eigenvalue weighted by atomic mass is 10.2. The number of nitrogens with one attached hydrogen (secondary N) is 3. The van der Waals surface area contributed by atoms with Crippen molar-refractivity contribution >= 4 is 56.0 Å². The number of ether oxygens (including phenoxy) is 1. The van der Waals surface area contributed by atoms with E-state index in [0.717, 1.165) is 23.7 Å². The Kier molecular flexibility index (Phi) is 9.26. The number of carbonyl (C=O) groups is 2. The number of nitrogens with zero attached hydrogens (tertiary/aromatic N) is 1. The molecule has 3 N–H and O–H groups in total. The van der Waals surface area contributed by atoms with Crippen molar-refractivity contribution in [3.63, 3.8) is 0 Å². The van der Waals surface area contributed by atoms with E-state index in [2.05, 4.69) is 39.0 Å². The van der Waals surface area contributed by atoms with Gasteiger partial charge in [-0.25, -0.2) is 0 Å². The van der Waals surface area contributed by atoms with Crippen molar-refractivity contribution in [1.82, 2.24) is 20.7 Å². The summed E-state index contributed by atoms with van der Waals surface area (Å²) in [6.07, 6.45) is 6.35. The first-order valence-electron chi connectivity index (χ1n) is 10.8. The van der Waals surface area contributed by atoms with Gasteiger partial charge in [0.2, 0.25) is 0 Å². The van der Waals surface area contributed by atoms with Crippen molar-refractivity contribution in [2.75, 3.05) is 6.61 Å². The summed E-state index contributed by atoms with van der Waals surface area (Å²) in [6, 6.07) is 14.8. The summed E-state index contributed by atoms with van der Waals surface area (Å²) < 4.78 is 8.29. The molecule has 0 fully saturated rings. The highest BCUT2D eigenvalue weighted by molar-refractivity contribution is 9.10. The van der Waals surface area contributed by atoms with Crippen molar-refractivity contribution in [3.05, 3.63) is 64.8 Å². The first-order valence-corrected chi connectivity index (χ1v) is 12.0. The summed E-state index contributed by atoms with van der Waals surface area (Å²) >= 11 is 8.57. The van der Waals surface area contributed by atoms with Crippen LogP contribution >= 0.6 is 28.1 Å². The molecule has 174 valence electrons. The Morgan fingerprint density at radius 3 is 2.67 bits per heavy atom. The number of hydrogen-bond donors (Lipinski definition) is 3. The van der Waals surface area contributed by atoms with E-state index >= 15 is 0 Å². The Morgan fingerprint density at radius 2 is 1.88 bits per heavy atom. The summed E-state index contributed by atoms with van der Waals surface area (Å²) in [5.74, 6) is -0.00182. The Balaban J connectivity index is 1.44. The number of halogens is 1. The van der Waals surface area contributed by atoms with E-state index < -0.39 is 5.91 Å². The Morgan fingerprint density at radius 1 is 1.06 bits per heavy atom. The van der Waals surface area contributed by atoms with Gasteiger partial charge >= 0.3 is 0 Å². The molecule has 3 rings (SSSR count). The smallest absolute Gasteiger partial charge is 0.258 e. The van der Waals surface area contributed by atoms with Gasteiger partial charge in [0.05, 0.1) is 11.1 Å². The lowest BCUT2D eigenvalue weighted by Gasteiger charge is -2.13. The lowest BCUT2D eigenvalue weighted by Crippen LogP contribution is -2.49. The topological polar surface area (TPSA) is 84.4 Å². The SMILES string of the molecule is CCCCCCOc1ccc(C(=O)NC(=S)NNC(=O)Cn2ccc3ccccc32)cc1Br. The third-order valence-corrected chi connectivity index (χ3v) is 5.81. The number of aromatic nitrogens is 1. The number of carbonyl (C=O) groups excluding carboxylic acids is 2. The molecule has 0 unspecified atom stereocenters. The molecule has 0 aliphatic carbocycles. The maximum atomic E-state index is 12.5. The van der Waals surface area contributed by atoms with Crippen molar-refractivity contribution in [3.8, 4) is 5.75 Å². The molecule has 0 saturated heterocycles. The van der Waals surface area contributed by atoms with Crippen LogP contribution in [-0.2, 0) is 11.3 Å². The standard InChI is InChI=1S/C24H27BrN4O3S/c1-2-3-4-7-14-32-21-11-10-18(15-19(21)25)23(31)26-24(33)28-27-22(30)16-29-13-12-17-8-5-6-9-20(17)29/h5-6,8-13,15H,2-4,7,14,16H2,1H3,(H,27,30)(H2,26,28,31,33). The van der Waals surface area contributed by atoms with E-state index in [-0.39, 0.29) is 17.6 Å². The number of hydrogen-bond acceptors (Lipinski definition) is 4. The Labute approximate surface area is 207 Å². The molecular formula is C24H27BrN4O3S. The number of hydrazine groups is 1. The highest BCUT2D eigenvalue weighted by Gasteiger charge is 2.12. The largest absolute Gasteiger partial charge is 0.492 e. The molecule has 9 heteroatoms. The highest BCUT2D eigenvalue weighted by atomic mass is 79.9. The summed E-state index contributed by atoms with van der Waals surface area (Å²) in [6.45, 7) is 2.92. The Hall–Kier alpha value is -2.91. The van der Waals surface area contributed by atoms with E-state index in [1.54, 1.807) is 18.2 Å². The number of amides is 2. The number of thiocarbonyl (C=S) groups is 1. The number of unbranched alkanes of at least 4 members (excludes halogenated alkanes) is 3. The van der Waals surface area contributed by atoms with Crippen LogP contribution in [0.4, 0.5) is 0 Å². The fourth-order valence-electron chi connectivity index (χ4n) is 3.28. The van der Waals surface area contributed by atoms with Crippen LogP contribution in [0, 0.1) is 0 Å². The minimum atomic E-state index is -0.395. The maximum absolute atomic E-state index is 12.5. The first-order chi connectivity index (χ1) is 16.0. The van der Waals surface area contributed by atoms with Crippen LogP contribution in [0.3, 0.4) is 0 Å². The third kappa shape index (κ3) is 7.30. The zero-order valence-corrected chi connectivity index (χ0v) is 20.8. The monoisotopic (exact) mass is 530 g/mol. The van der Waals surface area contributed by atoms with Gasteiger partial charge in [-0.05, 0) is 70.3 Å². The number of fused-ring (bicyclic) bond motifs is 1. The maximum Gasteiger partial charge on any atom is 0.258 e. The second-order valence-corrected chi connectivity index (χ2v) is 8.78. The highest BCUT2D eigenvalue weighted by Crippen LogP contribution is 2.26. The number of para-hydroxylation sites is 1. The van der Waals surface area contributed by atoms with E-state index in [4.69, 9.17) is 17.0 Å². The quantitative estimate of drug-likeness (QED) is 0.212. The molecule has 2 aromatic carbocycles. The molecule has 1 heterocycles. The van der Waals surface area contributed by atoms with Crippen LogP contribution in [0.25, 0.3) is 10.9 Å². The van der Waals surface area contributed by atoms with Gasteiger partial charge < -0.3 is 9.30 Å². The summed E-state index contributed by atoms with van der Waals surface area (Å²) in [7, 11) is 0. The van der Waals surface area contributed by atoms with Gasteiger partial charge in [-0.15, -0.1) is 0 Å². The fourth-order valence-corrected chi connectivity index (χ4v) is 3.91. The van der Waals surface area contributed by atoms with Crippen LogP contribution in [0.1, 0.15) is 43.0 Å². The van der Waals surface area contributed by atoms with Crippen LogP contribution in [0.5, 0.6) is 5.75 Å². The van der Waals surface area contributed by atoms with Gasteiger partial charge in [0, 0.05) is 17.3 Å². The molecule has 33 heavy (non-hydrogen) atoms. The third-order valence-electron chi connectivity index (χ3n) is 4.99. The van der Waals surface area contributed by atoms with Crippen LogP contribution in [0.15, 0.2) is 59.2 Å². The zero-order chi connectivity index (χ0) is 23.6. The molecule has 0 radical (unpaired) electrons. The fraction of sp³-hybridized carbons (Fsp3) is 0.292. The van der Waals surface area contributed by atoms with E-state index in [1.165, 1.54) is 12.8 Å². The van der Waals surface area contributed by atoms with Gasteiger partial charge in [0.15, 0.2) is 5.11 Å². The van der Waals surface area contributed by atoms with Crippen LogP contribution in [-0.4, -0.2) is 28.1 Å². The van der Waals surface area contributed by atoms with Gasteiger partial charge in [-0.3, -0.25) is 25.8 Å². The Bertz CT molecular complexity index is 1130. The second kappa shape index (κ2) is 12.4.